The van der Waals surface area contributed by atoms with Crippen molar-refractivity contribution in [1.29, 1.82) is 0 Å². The van der Waals surface area contributed by atoms with Crippen LogP contribution >= 0.6 is 6.04 Å². The van der Waals surface area contributed by atoms with Gasteiger partial charge in [-0.15, -0.1) is 0 Å². The van der Waals surface area contributed by atoms with Crippen molar-refractivity contribution >= 4 is 122 Å². The van der Waals surface area contributed by atoms with Gasteiger partial charge in [0.15, 0.2) is 0 Å². The van der Waals surface area contributed by atoms with E-state index in [0.717, 1.165) is 0 Å². The summed E-state index contributed by atoms with van der Waals surface area (Å²) < 4.78 is 0. The maximum Gasteiger partial charge on any atom is 0.0379 e. The van der Waals surface area contributed by atoms with Crippen LogP contribution in [0.2, 0.25) is 0 Å². The third-order valence-electron chi connectivity index (χ3n) is 3.36. The van der Waals surface area contributed by atoms with Crippen LogP contribution < -0.4 is 15.9 Å². The Balaban J connectivity index is 0.00000161. The largest absolute Gasteiger partial charge is 0.0826 e. The monoisotopic (exact) mass is 363 g/mol. The molecule has 0 saturated carbocycles. The molecule has 0 heterocycles. The van der Waals surface area contributed by atoms with Crippen LogP contribution in [-0.4, -0.2) is 88.7 Å². The topological polar surface area (TPSA) is 0 Å². The second-order valence-electron chi connectivity index (χ2n) is 4.62. The van der Waals surface area contributed by atoms with Gasteiger partial charge in [-0.3, -0.25) is 0 Å². The molecule has 0 aliphatic heterocycles. The summed E-state index contributed by atoms with van der Waals surface area (Å²) in [7, 11) is 0. The molecule has 5 heteroatoms. The molecule has 0 amide bonds. The van der Waals surface area contributed by atoms with Gasteiger partial charge in [-0.25, -0.2) is 0 Å². The molecule has 23 heavy (non-hydrogen) atoms. The van der Waals surface area contributed by atoms with Gasteiger partial charge in [0.25, 0.3) is 0 Å². The number of rotatable bonds is 3. The third-order valence-corrected chi connectivity index (χ3v) is 8.33. The molecule has 0 bridgehead atoms. The Morgan fingerprint density at radius 2 is 0.652 bits per heavy atom. The first-order valence-corrected chi connectivity index (χ1v) is 9.39. The van der Waals surface area contributed by atoms with E-state index in [1.807, 2.05) is 18.2 Å². The summed E-state index contributed by atoms with van der Waals surface area (Å²) in [5.74, 6) is 0. The molecular formula is C18H15Na3PS. The maximum absolute atomic E-state index is 6.21. The van der Waals surface area contributed by atoms with Gasteiger partial charge >= 0.3 is 0 Å². The van der Waals surface area contributed by atoms with Crippen molar-refractivity contribution < 1.29 is 0 Å². The second kappa shape index (κ2) is 11.8. The predicted molar refractivity (Wildman–Crippen MR) is 110 cm³/mol. The second-order valence-corrected chi connectivity index (χ2v) is 9.03. The summed E-state index contributed by atoms with van der Waals surface area (Å²) in [4.78, 5) is 0. The molecule has 3 radical (unpaired) electrons. The SMILES string of the molecule is S=P(c1ccccc1)(c1ccccc1)c1ccccc1.[Na].[Na].[Na]. The Kier molecular flexibility index (Phi) is 12.5. The molecule has 3 rings (SSSR count). The molecule has 0 N–H and O–H groups in total. The van der Waals surface area contributed by atoms with E-state index in [4.69, 9.17) is 11.8 Å². The van der Waals surface area contributed by atoms with E-state index < -0.39 is 6.04 Å². The van der Waals surface area contributed by atoms with Crippen LogP contribution in [0, 0.1) is 0 Å². The number of hydrogen-bond acceptors (Lipinski definition) is 1. The molecule has 0 aromatic heterocycles. The molecule has 3 aromatic rings. The zero-order valence-electron chi connectivity index (χ0n) is 14.0. The minimum atomic E-state index is -1.94. The average molecular weight is 363 g/mol. The van der Waals surface area contributed by atoms with Crippen molar-refractivity contribution in [2.45, 2.75) is 0 Å². The van der Waals surface area contributed by atoms with E-state index in [0.29, 0.717) is 0 Å². The Morgan fingerprint density at radius 1 is 0.435 bits per heavy atom. The van der Waals surface area contributed by atoms with E-state index in [-0.39, 0.29) is 88.7 Å². The summed E-state index contributed by atoms with van der Waals surface area (Å²) in [6, 6.07) is 29.5. The van der Waals surface area contributed by atoms with Crippen LogP contribution in [0.4, 0.5) is 0 Å². The molecule has 0 saturated heterocycles. The van der Waals surface area contributed by atoms with Gasteiger partial charge in [0.2, 0.25) is 0 Å². The van der Waals surface area contributed by atoms with Crippen LogP contribution in [0.3, 0.4) is 0 Å². The summed E-state index contributed by atoms with van der Waals surface area (Å²) >= 11 is 6.21. The number of benzene rings is 3. The van der Waals surface area contributed by atoms with Crippen LogP contribution in [0.1, 0.15) is 0 Å². The molecule has 0 atom stereocenters. The molecular weight excluding hydrogens is 348 g/mol. The molecule has 0 unspecified atom stereocenters. The quantitative estimate of drug-likeness (QED) is 0.508. The first-order chi connectivity index (χ1) is 9.82. The molecule has 0 aliphatic carbocycles. The van der Waals surface area contributed by atoms with E-state index in [9.17, 15) is 0 Å². The van der Waals surface area contributed by atoms with Gasteiger partial charge in [0.1, 0.15) is 0 Å². The molecule has 0 aliphatic rings. The van der Waals surface area contributed by atoms with Crippen LogP contribution in [0.25, 0.3) is 0 Å². The molecule has 0 spiro atoms. The average Bonchev–Trinajstić information content (AvgIpc) is 2.56. The Morgan fingerprint density at radius 3 is 0.870 bits per heavy atom. The summed E-state index contributed by atoms with van der Waals surface area (Å²) in [5, 5.41) is 3.73. The van der Waals surface area contributed by atoms with E-state index in [2.05, 4.69) is 72.8 Å². The first-order valence-electron chi connectivity index (χ1n) is 6.59. The van der Waals surface area contributed by atoms with Crippen LogP contribution in [-0.2, 0) is 11.8 Å². The Labute approximate surface area is 210 Å². The minimum Gasteiger partial charge on any atom is -0.0826 e. The third kappa shape index (κ3) is 5.64. The van der Waals surface area contributed by atoms with Gasteiger partial charge in [-0.2, -0.15) is 0 Å². The van der Waals surface area contributed by atoms with Gasteiger partial charge in [-0.1, -0.05) is 103 Å². The summed E-state index contributed by atoms with van der Waals surface area (Å²) in [6.07, 6.45) is 0. The van der Waals surface area contributed by atoms with Crippen molar-refractivity contribution in [2.24, 2.45) is 0 Å². The van der Waals surface area contributed by atoms with E-state index in [1.54, 1.807) is 0 Å². The van der Waals surface area contributed by atoms with Gasteiger partial charge in [0.05, 0.1) is 0 Å². The fourth-order valence-electron chi connectivity index (χ4n) is 2.36. The molecule has 0 nitrogen and oxygen atoms in total. The normalized spacial score (nSPS) is 9.74. The minimum absolute atomic E-state index is 0. The molecule has 0 fully saturated rings. The molecule has 3 aromatic carbocycles. The summed E-state index contributed by atoms with van der Waals surface area (Å²) in [5.41, 5.74) is 0. The van der Waals surface area contributed by atoms with Crippen LogP contribution in [0.5, 0.6) is 0 Å². The van der Waals surface area contributed by atoms with Crippen molar-refractivity contribution in [3.8, 4) is 0 Å². The maximum atomic E-state index is 6.21. The fraction of sp³-hybridized carbons (Fsp3) is 0. The predicted octanol–water partition coefficient (Wildman–Crippen LogP) is 2.30. The fourth-order valence-corrected chi connectivity index (χ4v) is 6.13. The summed E-state index contributed by atoms with van der Waals surface area (Å²) in [6.45, 7) is 0. The van der Waals surface area contributed by atoms with Gasteiger partial charge in [0, 0.05) is 94.7 Å². The smallest absolute Gasteiger partial charge is 0.0379 e. The zero-order valence-corrected chi connectivity index (χ0v) is 21.7. The van der Waals surface area contributed by atoms with Crippen molar-refractivity contribution in [2.75, 3.05) is 0 Å². The standard InChI is InChI=1S/C18H15PS.3Na/c20-19(16-10-4-1-5-11-16,17-12-6-2-7-13-17)18-14-8-3-9-15-18;;;/h1-15H;;;. The first kappa shape index (κ1) is 24.3. The van der Waals surface area contributed by atoms with E-state index in [1.165, 1.54) is 15.9 Å². The molecule has 101 valence electrons. The van der Waals surface area contributed by atoms with E-state index >= 15 is 0 Å². The van der Waals surface area contributed by atoms with Crippen molar-refractivity contribution in [1.82, 2.24) is 0 Å². The van der Waals surface area contributed by atoms with Gasteiger partial charge < -0.3 is 0 Å². The number of hydrogen-bond donors (Lipinski definition) is 0. The van der Waals surface area contributed by atoms with Crippen molar-refractivity contribution in [3.63, 3.8) is 0 Å². The van der Waals surface area contributed by atoms with Crippen molar-refractivity contribution in [3.05, 3.63) is 91.0 Å². The van der Waals surface area contributed by atoms with Crippen LogP contribution in [0.15, 0.2) is 91.0 Å². The Hall–Kier alpha value is 1.31. The Bertz CT molecular complexity index is 631. The zero-order chi connectivity index (χ0) is 13.8. The van der Waals surface area contributed by atoms with Gasteiger partial charge in [-0.05, 0) is 15.9 Å².